The molecule has 2 rings (SSSR count). The molecule has 0 N–H and O–H groups in total. The highest BCUT2D eigenvalue weighted by Gasteiger charge is 2.22. The maximum Gasteiger partial charge on any atom is 0.344 e. The zero-order valence-corrected chi connectivity index (χ0v) is 12.5. The Balaban J connectivity index is 2.76. The van der Waals surface area contributed by atoms with Crippen LogP contribution in [0.3, 0.4) is 0 Å². The van der Waals surface area contributed by atoms with E-state index in [4.69, 9.17) is 21.1 Å². The van der Waals surface area contributed by atoms with Crippen molar-refractivity contribution < 1.29 is 19.0 Å². The number of rotatable bonds is 3. The molecule has 0 aliphatic rings. The van der Waals surface area contributed by atoms with Crippen molar-refractivity contribution in [1.29, 1.82) is 0 Å². The second-order valence-electron chi connectivity index (χ2n) is 4.27. The number of carbonyl (C=O) groups is 1. The van der Waals surface area contributed by atoms with Crippen molar-refractivity contribution in [2.45, 2.75) is 6.92 Å². The zero-order valence-electron chi connectivity index (χ0n) is 11.7. The van der Waals surface area contributed by atoms with Crippen molar-refractivity contribution in [1.82, 2.24) is 4.98 Å². The molecule has 0 fully saturated rings. The first kappa shape index (κ1) is 15.1. The summed E-state index contributed by atoms with van der Waals surface area (Å²) in [5, 5.41) is 12.0. The van der Waals surface area contributed by atoms with Gasteiger partial charge in [0, 0.05) is 24.1 Å². The fourth-order valence-electron chi connectivity index (χ4n) is 1.92. The molecule has 0 amide bonds. The predicted octanol–water partition coefficient (Wildman–Crippen LogP) is 2.14. The number of pyridine rings is 2. The van der Waals surface area contributed by atoms with E-state index in [2.05, 4.69) is 4.98 Å². The molecule has 7 heteroatoms. The van der Waals surface area contributed by atoms with Crippen LogP contribution in [0.25, 0.3) is 11.1 Å². The molecule has 0 atom stereocenters. The van der Waals surface area contributed by atoms with Gasteiger partial charge in [0.05, 0.1) is 20.4 Å². The van der Waals surface area contributed by atoms with Gasteiger partial charge in [-0.2, -0.15) is 4.73 Å². The van der Waals surface area contributed by atoms with Crippen molar-refractivity contribution in [3.63, 3.8) is 0 Å². The third-order valence-electron chi connectivity index (χ3n) is 2.99. The van der Waals surface area contributed by atoms with Gasteiger partial charge in [0.1, 0.15) is 16.5 Å². The monoisotopic (exact) mass is 308 g/mol. The molecular weight excluding hydrogens is 296 g/mol. The van der Waals surface area contributed by atoms with Crippen LogP contribution in [0.15, 0.2) is 24.5 Å². The number of methoxy groups -OCH3 is 2. The molecule has 0 aliphatic heterocycles. The Morgan fingerprint density at radius 1 is 1.33 bits per heavy atom. The Morgan fingerprint density at radius 2 is 2.05 bits per heavy atom. The summed E-state index contributed by atoms with van der Waals surface area (Å²) in [6, 6.07) is 3.14. The molecule has 0 saturated heterocycles. The molecule has 0 unspecified atom stereocenters. The fraction of sp³-hybridized carbons (Fsp3) is 0.214. The number of aromatic nitrogens is 2. The number of hydrogen-bond acceptors (Lipinski definition) is 5. The van der Waals surface area contributed by atoms with E-state index in [0.717, 1.165) is 0 Å². The first-order chi connectivity index (χ1) is 9.97. The van der Waals surface area contributed by atoms with Crippen LogP contribution in [0, 0.1) is 12.1 Å². The second kappa shape index (κ2) is 5.97. The van der Waals surface area contributed by atoms with Crippen LogP contribution in [0.4, 0.5) is 0 Å². The Labute approximate surface area is 126 Å². The van der Waals surface area contributed by atoms with Gasteiger partial charge in [-0.05, 0) is 6.07 Å². The second-order valence-corrected chi connectivity index (χ2v) is 4.65. The van der Waals surface area contributed by atoms with Gasteiger partial charge < -0.3 is 14.7 Å². The molecule has 21 heavy (non-hydrogen) atoms. The molecule has 0 aliphatic carbocycles. The summed E-state index contributed by atoms with van der Waals surface area (Å²) >= 11 is 5.91. The van der Waals surface area contributed by atoms with Crippen molar-refractivity contribution in [3.8, 4) is 16.9 Å². The van der Waals surface area contributed by atoms with E-state index < -0.39 is 5.97 Å². The number of ether oxygens (including phenoxy) is 2. The third-order valence-corrected chi connectivity index (χ3v) is 3.19. The van der Waals surface area contributed by atoms with E-state index in [1.807, 2.05) is 0 Å². The topological polar surface area (TPSA) is 75.4 Å². The van der Waals surface area contributed by atoms with Gasteiger partial charge in [-0.3, -0.25) is 0 Å². The first-order valence-corrected chi connectivity index (χ1v) is 6.37. The van der Waals surface area contributed by atoms with Crippen LogP contribution in [0.5, 0.6) is 5.75 Å². The van der Waals surface area contributed by atoms with Gasteiger partial charge in [-0.15, -0.1) is 0 Å². The molecular formula is C14H13ClN2O4. The molecule has 2 heterocycles. The molecule has 2 aromatic heterocycles. The van der Waals surface area contributed by atoms with Gasteiger partial charge in [-0.25, -0.2) is 9.78 Å². The van der Waals surface area contributed by atoms with Crippen LogP contribution < -0.4 is 9.47 Å². The summed E-state index contributed by atoms with van der Waals surface area (Å²) in [6.45, 7) is 1.63. The third kappa shape index (κ3) is 2.90. The van der Waals surface area contributed by atoms with Gasteiger partial charge in [0.2, 0.25) is 0 Å². The van der Waals surface area contributed by atoms with E-state index in [1.165, 1.54) is 26.6 Å². The summed E-state index contributed by atoms with van der Waals surface area (Å²) in [6.07, 6.45) is 2.62. The van der Waals surface area contributed by atoms with Crippen molar-refractivity contribution in [3.05, 3.63) is 46.1 Å². The molecule has 0 spiro atoms. The summed E-state index contributed by atoms with van der Waals surface area (Å²) in [7, 11) is 2.73. The van der Waals surface area contributed by atoms with E-state index in [9.17, 15) is 10.0 Å². The number of hydrogen-bond donors (Lipinski definition) is 0. The Kier molecular flexibility index (Phi) is 4.28. The lowest BCUT2D eigenvalue weighted by atomic mass is 10.0. The Hall–Kier alpha value is -2.34. The van der Waals surface area contributed by atoms with Crippen LogP contribution in [-0.2, 0) is 4.74 Å². The van der Waals surface area contributed by atoms with Crippen LogP contribution in [0.2, 0.25) is 5.15 Å². The Morgan fingerprint density at radius 3 is 2.67 bits per heavy atom. The zero-order chi connectivity index (χ0) is 15.6. The van der Waals surface area contributed by atoms with Gasteiger partial charge in [0.25, 0.3) is 0 Å². The van der Waals surface area contributed by atoms with Crippen LogP contribution in [-0.4, -0.2) is 25.2 Å². The lowest BCUT2D eigenvalue weighted by Crippen LogP contribution is -2.31. The van der Waals surface area contributed by atoms with E-state index in [1.54, 1.807) is 19.1 Å². The largest absolute Gasteiger partial charge is 0.618 e. The lowest BCUT2D eigenvalue weighted by molar-refractivity contribution is -0.612. The maximum atomic E-state index is 11.9. The van der Waals surface area contributed by atoms with Gasteiger partial charge >= 0.3 is 5.97 Å². The maximum absolute atomic E-state index is 11.9. The summed E-state index contributed by atoms with van der Waals surface area (Å²) < 4.78 is 10.6. The van der Waals surface area contributed by atoms with Gasteiger partial charge in [-0.1, -0.05) is 11.6 Å². The van der Waals surface area contributed by atoms with Crippen LogP contribution >= 0.6 is 11.6 Å². The smallest absolute Gasteiger partial charge is 0.344 e. The fourth-order valence-corrected chi connectivity index (χ4v) is 2.08. The average molecular weight is 309 g/mol. The minimum atomic E-state index is -0.621. The summed E-state index contributed by atoms with van der Waals surface area (Å²) in [5.74, 6) is -0.183. The predicted molar refractivity (Wildman–Crippen MR) is 76.3 cm³/mol. The highest BCUT2D eigenvalue weighted by atomic mass is 35.5. The number of nitrogens with zero attached hydrogens (tertiary/aromatic N) is 2. The summed E-state index contributed by atoms with van der Waals surface area (Å²) in [5.41, 5.74) is 1.60. The van der Waals surface area contributed by atoms with E-state index >= 15 is 0 Å². The average Bonchev–Trinajstić information content (AvgIpc) is 2.48. The highest BCUT2D eigenvalue weighted by molar-refractivity contribution is 6.29. The van der Waals surface area contributed by atoms with Crippen molar-refractivity contribution in [2.24, 2.45) is 0 Å². The van der Waals surface area contributed by atoms with Crippen molar-refractivity contribution >= 4 is 17.6 Å². The quantitative estimate of drug-likeness (QED) is 0.376. The molecule has 0 radical (unpaired) electrons. The Bertz CT molecular complexity index is 704. The molecule has 0 aromatic carbocycles. The normalized spacial score (nSPS) is 10.3. The molecule has 6 nitrogen and oxygen atoms in total. The van der Waals surface area contributed by atoms with E-state index in [0.29, 0.717) is 27.3 Å². The minimum absolute atomic E-state index is 0.124. The number of carbonyl (C=O) groups excluding carboxylic acids is 1. The molecule has 110 valence electrons. The minimum Gasteiger partial charge on any atom is -0.618 e. The molecule has 0 saturated carbocycles. The number of aryl methyl sites for hydroxylation is 1. The first-order valence-electron chi connectivity index (χ1n) is 6.00. The van der Waals surface area contributed by atoms with E-state index in [-0.39, 0.29) is 10.7 Å². The van der Waals surface area contributed by atoms with Crippen LogP contribution in [0.1, 0.15) is 16.1 Å². The number of halogens is 1. The summed E-state index contributed by atoms with van der Waals surface area (Å²) in [4.78, 5) is 15.8. The SMILES string of the molecule is COC(=O)c1c[n+]([O-])c(C)cc1-c1cc(Cl)ncc1OC. The van der Waals surface area contributed by atoms with Gasteiger partial charge in [0.15, 0.2) is 11.9 Å². The molecule has 0 bridgehead atoms. The standard InChI is InChI=1S/C14H13ClN2O4/c1-8-4-9(11(7-17(8)19)14(18)21-3)10-5-13(15)16-6-12(10)20-2/h4-7H,1-3H3. The number of esters is 1. The van der Waals surface area contributed by atoms with Crippen molar-refractivity contribution in [2.75, 3.05) is 14.2 Å². The molecule has 2 aromatic rings. The lowest BCUT2D eigenvalue weighted by Gasteiger charge is -2.12. The highest BCUT2D eigenvalue weighted by Crippen LogP contribution is 2.33.